The monoisotopic (exact) mass is 824 g/mol. The molecule has 18 nitrogen and oxygen atoms in total. The van der Waals surface area contributed by atoms with Gasteiger partial charge < -0.3 is 30.0 Å². The minimum Gasteiger partial charge on any atom is -0.494 e. The maximum Gasteiger partial charge on any atom is 0.329 e. The highest BCUT2D eigenvalue weighted by Crippen LogP contribution is 2.27. The first-order valence-electron chi connectivity index (χ1n) is 16.6. The third kappa shape index (κ3) is 18.8. The highest BCUT2D eigenvalue weighted by molar-refractivity contribution is 6.33. The Balaban J connectivity index is 0.000000317. The van der Waals surface area contributed by atoms with Crippen LogP contribution >= 0.6 is 34.8 Å². The van der Waals surface area contributed by atoms with E-state index < -0.39 is 9.85 Å². The summed E-state index contributed by atoms with van der Waals surface area (Å²) in [5.74, 6) is 1.11. The van der Waals surface area contributed by atoms with Gasteiger partial charge in [0, 0.05) is 24.2 Å². The van der Waals surface area contributed by atoms with E-state index in [1.807, 2.05) is 19.1 Å². The summed E-state index contributed by atoms with van der Waals surface area (Å²) in [5.41, 5.74) is 6.24. The number of nitrogen functional groups attached to an aromatic ring is 1. The van der Waals surface area contributed by atoms with Gasteiger partial charge in [-0.05, 0) is 111 Å². The van der Waals surface area contributed by atoms with Crippen LogP contribution in [0.4, 0.5) is 28.6 Å². The summed E-state index contributed by atoms with van der Waals surface area (Å²) in [5, 5.41) is 23.5. The number of anilines is 3. The van der Waals surface area contributed by atoms with Crippen molar-refractivity contribution in [2.45, 2.75) is 52.4 Å². The van der Waals surface area contributed by atoms with Gasteiger partial charge in [-0.2, -0.15) is 9.97 Å². The quantitative estimate of drug-likeness (QED) is 0.0184. The van der Waals surface area contributed by atoms with E-state index in [0.29, 0.717) is 57.1 Å². The summed E-state index contributed by atoms with van der Waals surface area (Å²) in [4.78, 5) is 56.4. The number of nitrogens with one attached hydrogen (secondary N) is 1. The van der Waals surface area contributed by atoms with Crippen LogP contribution in [0.15, 0.2) is 60.9 Å². The van der Waals surface area contributed by atoms with E-state index >= 15 is 0 Å². The molecule has 0 saturated heterocycles. The number of hydrogen-bond acceptors (Lipinski definition) is 16. The fourth-order valence-corrected chi connectivity index (χ4v) is 4.47. The molecule has 0 atom stereocenters. The van der Waals surface area contributed by atoms with E-state index in [4.69, 9.17) is 59.5 Å². The Morgan fingerprint density at radius 1 is 0.709 bits per heavy atom. The second-order valence-electron chi connectivity index (χ2n) is 10.6. The molecule has 4 rings (SSSR count). The van der Waals surface area contributed by atoms with Gasteiger partial charge in [-0.25, -0.2) is 9.97 Å². The summed E-state index contributed by atoms with van der Waals surface area (Å²) >= 11 is 16.3. The van der Waals surface area contributed by atoms with Gasteiger partial charge in [0.1, 0.15) is 23.9 Å². The fourth-order valence-electron chi connectivity index (χ4n) is 3.96. The molecule has 0 radical (unpaired) electrons. The number of nitrogens with two attached hydrogens (primary N) is 1. The van der Waals surface area contributed by atoms with Crippen LogP contribution in [0.1, 0.15) is 52.4 Å². The smallest absolute Gasteiger partial charge is 0.329 e. The number of aromatic nitrogens is 4. The second kappa shape index (κ2) is 25.4. The average molecular weight is 826 g/mol. The molecule has 0 spiro atoms. The molecule has 0 aliphatic rings. The van der Waals surface area contributed by atoms with Gasteiger partial charge in [-0.15, -0.1) is 0 Å². The zero-order valence-corrected chi connectivity index (χ0v) is 32.1. The van der Waals surface area contributed by atoms with Crippen LogP contribution < -0.4 is 20.5 Å². The number of carbonyl (C=O) groups excluding carboxylic acids is 2. The molecule has 0 saturated carbocycles. The maximum atomic E-state index is 11.2. The molecule has 55 heavy (non-hydrogen) atoms. The molecule has 21 heteroatoms. The second-order valence-corrected chi connectivity index (χ2v) is 11.7. The Kier molecular flexibility index (Phi) is 21.1. The Morgan fingerprint density at radius 3 is 1.62 bits per heavy atom. The zero-order valence-electron chi connectivity index (χ0n) is 29.8. The largest absolute Gasteiger partial charge is 0.494 e. The van der Waals surface area contributed by atoms with E-state index in [1.54, 1.807) is 43.3 Å². The number of nitro groups is 2. The van der Waals surface area contributed by atoms with Crippen LogP contribution in [-0.2, 0) is 19.1 Å². The number of esters is 2. The zero-order chi connectivity index (χ0) is 40.6. The molecule has 0 aliphatic heterocycles. The van der Waals surface area contributed by atoms with Crippen LogP contribution in [0.2, 0.25) is 15.7 Å². The van der Waals surface area contributed by atoms with Gasteiger partial charge in [-0.1, -0.05) is 11.6 Å². The van der Waals surface area contributed by atoms with Gasteiger partial charge >= 0.3 is 23.3 Å². The van der Waals surface area contributed by atoms with Gasteiger partial charge in [0.2, 0.25) is 21.5 Å². The number of benzene rings is 2. The van der Waals surface area contributed by atoms with Crippen LogP contribution in [0.3, 0.4) is 0 Å². The van der Waals surface area contributed by atoms with E-state index in [1.165, 1.54) is 0 Å². The normalized spacial score (nSPS) is 10.1. The van der Waals surface area contributed by atoms with E-state index in [9.17, 15) is 29.8 Å². The van der Waals surface area contributed by atoms with E-state index in [0.717, 1.165) is 43.1 Å². The highest BCUT2D eigenvalue weighted by Gasteiger charge is 2.17. The van der Waals surface area contributed by atoms with Crippen LogP contribution in [0.5, 0.6) is 11.5 Å². The molecule has 0 bridgehead atoms. The molecule has 2 aromatic carbocycles. The SMILES string of the molecule is CCOC(=O)CCCCOc1ccc(N)cc1.CCOC(=O)CCCCOc1ccc(Nc2nc(Cl)ncc2[N+](=O)[O-])cc1.O=[N+]([O-])c1cnc(Cl)nc1Cl. The minimum atomic E-state index is -0.682. The molecule has 3 N–H and O–H groups in total. The minimum absolute atomic E-state index is 0.00707. The standard InChI is InChI=1S/C17H19ClN4O5.C13H19NO3.C4HCl2N3O2/c1-2-26-15(23)5-3-4-10-27-13-8-6-12(7-9-13)20-16-14(22(24)25)11-19-17(18)21-16;1-2-16-13(15)5-3-4-10-17-12-8-6-11(14)7-9-12;5-3-2(9(10)11)1-7-4(6)8-3/h6-9,11H,2-5,10H2,1H3,(H,19,20,21);6-9H,2-5,10,14H2,1H3;1H. The van der Waals surface area contributed by atoms with Crippen molar-refractivity contribution in [3.8, 4) is 11.5 Å². The number of nitrogens with zero attached hydrogens (tertiary/aromatic N) is 6. The van der Waals surface area contributed by atoms with Crippen molar-refractivity contribution >= 4 is 75.3 Å². The summed E-state index contributed by atoms with van der Waals surface area (Å²) in [6.07, 6.45) is 5.88. The van der Waals surface area contributed by atoms with Gasteiger partial charge in [0.25, 0.3) is 0 Å². The lowest BCUT2D eigenvalue weighted by molar-refractivity contribution is -0.385. The van der Waals surface area contributed by atoms with Crippen molar-refractivity contribution in [3.63, 3.8) is 0 Å². The average Bonchev–Trinajstić information content (AvgIpc) is 3.13. The molecule has 0 unspecified atom stereocenters. The first-order valence-corrected chi connectivity index (χ1v) is 17.7. The molecule has 0 fully saturated rings. The number of rotatable bonds is 18. The highest BCUT2D eigenvalue weighted by atomic mass is 35.5. The van der Waals surface area contributed by atoms with Crippen molar-refractivity contribution in [2.24, 2.45) is 0 Å². The Labute approximate surface area is 330 Å². The van der Waals surface area contributed by atoms with Crippen molar-refractivity contribution in [3.05, 3.63) is 96.9 Å². The Morgan fingerprint density at radius 2 is 1.16 bits per heavy atom. The summed E-state index contributed by atoms with van der Waals surface area (Å²) < 4.78 is 20.8. The number of unbranched alkanes of at least 4 members (excludes halogenated alkanes) is 2. The fraction of sp³-hybridized carbons (Fsp3) is 0.353. The number of ether oxygens (including phenoxy) is 4. The van der Waals surface area contributed by atoms with Crippen molar-refractivity contribution in [1.29, 1.82) is 0 Å². The molecular weight excluding hydrogens is 787 g/mol. The third-order valence-electron chi connectivity index (χ3n) is 6.52. The number of halogens is 3. The van der Waals surface area contributed by atoms with Crippen molar-refractivity contribution in [1.82, 2.24) is 19.9 Å². The van der Waals surface area contributed by atoms with E-state index in [-0.39, 0.29) is 44.9 Å². The lowest BCUT2D eigenvalue weighted by Crippen LogP contribution is -2.05. The molecule has 296 valence electrons. The third-order valence-corrected chi connectivity index (χ3v) is 7.17. The summed E-state index contributed by atoms with van der Waals surface area (Å²) in [7, 11) is 0. The molecular formula is C34H39Cl3N8O10. The van der Waals surface area contributed by atoms with Crippen molar-refractivity contribution < 1.29 is 38.4 Å². The molecule has 0 aliphatic carbocycles. The predicted molar refractivity (Wildman–Crippen MR) is 205 cm³/mol. The lowest BCUT2D eigenvalue weighted by atomic mass is 10.2. The maximum absolute atomic E-state index is 11.2. The van der Waals surface area contributed by atoms with E-state index in [2.05, 4.69) is 25.3 Å². The number of hydrogen-bond donors (Lipinski definition) is 2. The molecule has 2 aromatic heterocycles. The summed E-state index contributed by atoms with van der Waals surface area (Å²) in [6, 6.07) is 14.1. The molecule has 2 heterocycles. The first-order chi connectivity index (χ1) is 26.3. The molecule has 0 amide bonds. The lowest BCUT2D eigenvalue weighted by Gasteiger charge is -2.09. The predicted octanol–water partition coefficient (Wildman–Crippen LogP) is 7.97. The Hall–Kier alpha value is -5.59. The van der Waals surface area contributed by atoms with Crippen LogP contribution in [0.25, 0.3) is 0 Å². The topological polar surface area (TPSA) is 247 Å². The molecule has 4 aromatic rings. The van der Waals surface area contributed by atoms with Crippen LogP contribution in [0, 0.1) is 20.2 Å². The summed E-state index contributed by atoms with van der Waals surface area (Å²) in [6.45, 7) is 5.49. The Bertz CT molecular complexity index is 1820. The van der Waals surface area contributed by atoms with Gasteiger partial charge in [0.05, 0.1) is 36.3 Å². The van der Waals surface area contributed by atoms with Gasteiger partial charge in [0.15, 0.2) is 0 Å². The van der Waals surface area contributed by atoms with Gasteiger partial charge in [-0.3, -0.25) is 29.8 Å². The first kappa shape index (κ1) is 45.6. The van der Waals surface area contributed by atoms with Crippen LogP contribution in [-0.4, -0.2) is 68.1 Å². The number of carbonyl (C=O) groups is 2. The van der Waals surface area contributed by atoms with Crippen molar-refractivity contribution in [2.75, 3.05) is 37.5 Å².